The number of aryl methyl sites for hydroxylation is 1. The Bertz CT molecular complexity index is 553. The first kappa shape index (κ1) is 12.1. The van der Waals surface area contributed by atoms with Crippen molar-refractivity contribution in [3.8, 4) is 5.75 Å². The average Bonchev–Trinajstić information content (AvgIpc) is 2.86. The first-order valence-corrected chi connectivity index (χ1v) is 5.21. The van der Waals surface area contributed by atoms with Crippen molar-refractivity contribution < 1.29 is 14.1 Å². The molecule has 0 aromatic carbocycles. The first-order valence-electron chi connectivity index (χ1n) is 5.21. The molecule has 0 atom stereocenters. The molecule has 94 valence electrons. The van der Waals surface area contributed by atoms with E-state index in [1.807, 2.05) is 12.3 Å². The maximum Gasteiger partial charge on any atom is 0.287 e. The van der Waals surface area contributed by atoms with E-state index in [4.69, 9.17) is 15.1 Å². The van der Waals surface area contributed by atoms with Crippen LogP contribution in [0.1, 0.15) is 21.9 Å². The highest BCUT2D eigenvalue weighted by atomic mass is 16.5. The SMILES string of the molecule is Cc1ncccc1OCc1cc(C(=O)NN)no1. The van der Waals surface area contributed by atoms with Crippen LogP contribution in [0, 0.1) is 6.92 Å². The molecule has 2 aromatic rings. The zero-order valence-electron chi connectivity index (χ0n) is 9.71. The second kappa shape index (κ2) is 5.28. The summed E-state index contributed by atoms with van der Waals surface area (Å²) in [6.45, 7) is 2.00. The summed E-state index contributed by atoms with van der Waals surface area (Å²) < 4.78 is 10.4. The van der Waals surface area contributed by atoms with Crippen LogP contribution in [0.4, 0.5) is 0 Å². The Labute approximate surface area is 103 Å². The summed E-state index contributed by atoms with van der Waals surface area (Å²) in [6.07, 6.45) is 1.68. The van der Waals surface area contributed by atoms with Crippen molar-refractivity contribution in [1.29, 1.82) is 0 Å². The van der Waals surface area contributed by atoms with Gasteiger partial charge < -0.3 is 9.26 Å². The van der Waals surface area contributed by atoms with E-state index in [-0.39, 0.29) is 12.3 Å². The number of ether oxygens (including phenoxy) is 1. The average molecular weight is 248 g/mol. The van der Waals surface area contributed by atoms with Gasteiger partial charge >= 0.3 is 0 Å². The van der Waals surface area contributed by atoms with Crippen LogP contribution in [-0.2, 0) is 6.61 Å². The number of nitrogens with one attached hydrogen (secondary N) is 1. The molecule has 0 spiro atoms. The number of hydrogen-bond donors (Lipinski definition) is 2. The van der Waals surface area contributed by atoms with Crippen LogP contribution >= 0.6 is 0 Å². The number of amides is 1. The van der Waals surface area contributed by atoms with Gasteiger partial charge in [0.25, 0.3) is 5.91 Å². The molecule has 2 heterocycles. The Morgan fingerprint density at radius 1 is 1.61 bits per heavy atom. The van der Waals surface area contributed by atoms with E-state index in [0.717, 1.165) is 5.69 Å². The molecular weight excluding hydrogens is 236 g/mol. The lowest BCUT2D eigenvalue weighted by molar-refractivity contribution is 0.0944. The van der Waals surface area contributed by atoms with Gasteiger partial charge in [0.05, 0.1) is 5.69 Å². The number of nitrogens with zero attached hydrogens (tertiary/aromatic N) is 2. The van der Waals surface area contributed by atoms with Crippen LogP contribution in [0.2, 0.25) is 0 Å². The molecule has 7 nitrogen and oxygen atoms in total. The molecule has 0 saturated heterocycles. The molecule has 0 saturated carbocycles. The second-order valence-electron chi connectivity index (χ2n) is 3.53. The summed E-state index contributed by atoms with van der Waals surface area (Å²) in [5, 5.41) is 3.56. The highest BCUT2D eigenvalue weighted by molar-refractivity contribution is 5.91. The van der Waals surface area contributed by atoms with E-state index in [1.54, 1.807) is 18.3 Å². The van der Waals surface area contributed by atoms with Crippen molar-refractivity contribution in [2.24, 2.45) is 5.84 Å². The van der Waals surface area contributed by atoms with E-state index in [1.165, 1.54) is 6.07 Å². The number of nitrogen functional groups attached to an aromatic ring is 1. The molecule has 3 N–H and O–H groups in total. The molecule has 0 bridgehead atoms. The third-order valence-corrected chi connectivity index (χ3v) is 2.25. The van der Waals surface area contributed by atoms with E-state index in [0.29, 0.717) is 11.5 Å². The summed E-state index contributed by atoms with van der Waals surface area (Å²) in [4.78, 5) is 15.2. The number of nitrogens with two attached hydrogens (primary N) is 1. The Kier molecular flexibility index (Phi) is 3.54. The Morgan fingerprint density at radius 3 is 3.17 bits per heavy atom. The fraction of sp³-hybridized carbons (Fsp3) is 0.182. The number of carbonyl (C=O) groups is 1. The quantitative estimate of drug-likeness (QED) is 0.465. The number of hydrazine groups is 1. The summed E-state index contributed by atoms with van der Waals surface area (Å²) in [5.74, 6) is 5.55. The van der Waals surface area contributed by atoms with Crippen molar-refractivity contribution in [2.45, 2.75) is 13.5 Å². The predicted octanol–water partition coefficient (Wildman–Crippen LogP) is 0.561. The maximum atomic E-state index is 11.1. The van der Waals surface area contributed by atoms with Gasteiger partial charge in [0, 0.05) is 12.3 Å². The van der Waals surface area contributed by atoms with Crippen LogP contribution in [0.3, 0.4) is 0 Å². The molecular formula is C11H12N4O3. The van der Waals surface area contributed by atoms with Gasteiger partial charge in [-0.05, 0) is 19.1 Å². The topological polar surface area (TPSA) is 103 Å². The van der Waals surface area contributed by atoms with E-state index < -0.39 is 5.91 Å². The van der Waals surface area contributed by atoms with Gasteiger partial charge in [0.15, 0.2) is 11.5 Å². The zero-order chi connectivity index (χ0) is 13.0. The predicted molar refractivity (Wildman–Crippen MR) is 61.5 cm³/mol. The first-order chi connectivity index (χ1) is 8.70. The van der Waals surface area contributed by atoms with Crippen molar-refractivity contribution in [3.05, 3.63) is 41.5 Å². The number of carbonyl (C=O) groups excluding carboxylic acids is 1. The van der Waals surface area contributed by atoms with E-state index in [9.17, 15) is 4.79 Å². The summed E-state index contributed by atoms with van der Waals surface area (Å²) in [5.41, 5.74) is 2.85. The smallest absolute Gasteiger partial charge is 0.287 e. The molecule has 0 radical (unpaired) electrons. The fourth-order valence-corrected chi connectivity index (χ4v) is 1.33. The van der Waals surface area contributed by atoms with Crippen LogP contribution < -0.4 is 16.0 Å². The largest absolute Gasteiger partial charge is 0.484 e. The molecule has 18 heavy (non-hydrogen) atoms. The molecule has 1 amide bonds. The molecule has 0 aliphatic carbocycles. The van der Waals surface area contributed by atoms with Gasteiger partial charge in [-0.1, -0.05) is 5.16 Å². The lowest BCUT2D eigenvalue weighted by atomic mass is 10.3. The number of pyridine rings is 1. The Morgan fingerprint density at radius 2 is 2.44 bits per heavy atom. The standard InChI is InChI=1S/C11H12N4O3/c1-7-10(3-2-4-13-7)17-6-8-5-9(15-18-8)11(16)14-12/h2-5H,6,12H2,1H3,(H,14,16). The van der Waals surface area contributed by atoms with Crippen LogP contribution in [0.25, 0.3) is 0 Å². The van der Waals surface area contributed by atoms with Gasteiger partial charge in [-0.15, -0.1) is 0 Å². The summed E-state index contributed by atoms with van der Waals surface area (Å²) in [6, 6.07) is 5.04. The molecule has 0 aliphatic rings. The monoisotopic (exact) mass is 248 g/mol. The van der Waals surface area contributed by atoms with E-state index >= 15 is 0 Å². The maximum absolute atomic E-state index is 11.1. The van der Waals surface area contributed by atoms with Gasteiger partial charge in [0.2, 0.25) is 0 Å². The lowest BCUT2D eigenvalue weighted by Crippen LogP contribution is -2.30. The molecule has 2 aromatic heterocycles. The van der Waals surface area contributed by atoms with Crippen molar-refractivity contribution >= 4 is 5.91 Å². The van der Waals surface area contributed by atoms with Crippen molar-refractivity contribution in [3.63, 3.8) is 0 Å². The zero-order valence-corrected chi connectivity index (χ0v) is 9.71. The summed E-state index contributed by atoms with van der Waals surface area (Å²) >= 11 is 0. The minimum atomic E-state index is -0.512. The van der Waals surface area contributed by atoms with Crippen molar-refractivity contribution in [2.75, 3.05) is 0 Å². The van der Waals surface area contributed by atoms with Gasteiger partial charge in [0.1, 0.15) is 12.4 Å². The minimum absolute atomic E-state index is 0.110. The highest BCUT2D eigenvalue weighted by Gasteiger charge is 2.11. The minimum Gasteiger partial charge on any atom is -0.484 e. The fourth-order valence-electron chi connectivity index (χ4n) is 1.33. The number of rotatable bonds is 4. The number of aromatic nitrogens is 2. The van der Waals surface area contributed by atoms with Gasteiger partial charge in [-0.25, -0.2) is 5.84 Å². The molecule has 0 unspecified atom stereocenters. The lowest BCUT2D eigenvalue weighted by Gasteiger charge is -2.05. The number of hydrogen-bond acceptors (Lipinski definition) is 6. The normalized spacial score (nSPS) is 10.1. The third-order valence-electron chi connectivity index (χ3n) is 2.25. The summed E-state index contributed by atoms with van der Waals surface area (Å²) in [7, 11) is 0. The highest BCUT2D eigenvalue weighted by Crippen LogP contribution is 2.15. The van der Waals surface area contributed by atoms with Crippen LogP contribution in [0.15, 0.2) is 28.9 Å². The van der Waals surface area contributed by atoms with Gasteiger partial charge in [-0.2, -0.15) is 0 Å². The molecule has 0 fully saturated rings. The Hall–Kier alpha value is -2.41. The Balaban J connectivity index is 2.01. The van der Waals surface area contributed by atoms with Gasteiger partial charge in [-0.3, -0.25) is 15.2 Å². The second-order valence-corrected chi connectivity index (χ2v) is 3.53. The molecule has 7 heteroatoms. The molecule has 0 aliphatic heterocycles. The van der Waals surface area contributed by atoms with Crippen molar-refractivity contribution in [1.82, 2.24) is 15.6 Å². The van der Waals surface area contributed by atoms with Crippen LogP contribution in [0.5, 0.6) is 5.75 Å². The van der Waals surface area contributed by atoms with Crippen LogP contribution in [-0.4, -0.2) is 16.0 Å². The third kappa shape index (κ3) is 2.64. The van der Waals surface area contributed by atoms with E-state index in [2.05, 4.69) is 10.1 Å². The molecule has 2 rings (SSSR count).